The van der Waals surface area contributed by atoms with Crippen LogP contribution in [0.2, 0.25) is 0 Å². The highest BCUT2D eigenvalue weighted by atomic mass is 16.3. The minimum atomic E-state index is -0.410. The highest BCUT2D eigenvalue weighted by Gasteiger charge is 2.03. The Morgan fingerprint density at radius 3 is 2.38 bits per heavy atom. The van der Waals surface area contributed by atoms with E-state index in [1.165, 1.54) is 7.05 Å². The van der Waals surface area contributed by atoms with Gasteiger partial charge in [0.1, 0.15) is 12.3 Å². The van der Waals surface area contributed by atoms with Crippen molar-refractivity contribution < 1.29 is 4.79 Å². The van der Waals surface area contributed by atoms with Crippen molar-refractivity contribution in [2.24, 2.45) is 5.29 Å². The van der Waals surface area contributed by atoms with Gasteiger partial charge in [0, 0.05) is 7.05 Å². The average Bonchev–Trinajstić information content (AvgIpc) is 1.84. The first-order valence-corrected chi connectivity index (χ1v) is 2.23. The number of hydrogen-bond donors (Lipinski definition) is 0. The summed E-state index contributed by atoms with van der Waals surface area (Å²) in [6.07, 6.45) is 0.654. The number of aldehydes is 1. The van der Waals surface area contributed by atoms with Crippen LogP contribution in [-0.4, -0.2) is 24.4 Å². The fraction of sp³-hybridized carbons (Fsp3) is 0.750. The van der Waals surface area contributed by atoms with Crippen molar-refractivity contribution in [3.05, 3.63) is 4.91 Å². The van der Waals surface area contributed by atoms with Crippen molar-refractivity contribution in [2.75, 3.05) is 7.05 Å². The maximum Gasteiger partial charge on any atom is 0.143 e. The maximum absolute atomic E-state index is 9.86. The molecule has 1 atom stereocenters. The molecule has 0 aromatic heterocycles. The van der Waals surface area contributed by atoms with Crippen LogP contribution in [0.25, 0.3) is 0 Å². The maximum atomic E-state index is 9.86. The van der Waals surface area contributed by atoms with E-state index in [-0.39, 0.29) is 0 Å². The smallest absolute Gasteiger partial charge is 0.143 e. The van der Waals surface area contributed by atoms with E-state index >= 15 is 0 Å². The highest BCUT2D eigenvalue weighted by molar-refractivity contribution is 5.56. The average molecular weight is 116 g/mol. The molecule has 0 bridgehead atoms. The van der Waals surface area contributed by atoms with E-state index in [2.05, 4.69) is 5.29 Å². The molecule has 0 N–H and O–H groups in total. The standard InChI is InChI=1S/C4H8N2O2/c1-4(3-7)6(2)5-8/h3-4H,1-2H3. The van der Waals surface area contributed by atoms with Crippen LogP contribution in [0, 0.1) is 4.91 Å². The van der Waals surface area contributed by atoms with Crippen molar-refractivity contribution in [1.29, 1.82) is 0 Å². The molecule has 0 aliphatic heterocycles. The second-order valence-corrected chi connectivity index (χ2v) is 1.53. The molecule has 0 saturated carbocycles. The molecule has 0 amide bonds. The zero-order valence-corrected chi connectivity index (χ0v) is 4.87. The molecule has 1 unspecified atom stereocenters. The summed E-state index contributed by atoms with van der Waals surface area (Å²) in [6.45, 7) is 1.59. The van der Waals surface area contributed by atoms with Crippen molar-refractivity contribution >= 4 is 6.29 Å². The number of hydrogen-bond acceptors (Lipinski definition) is 3. The minimum absolute atomic E-state index is 0.410. The number of nitrogens with zero attached hydrogens (tertiary/aromatic N) is 2. The molecule has 0 spiro atoms. The van der Waals surface area contributed by atoms with E-state index in [0.29, 0.717) is 6.29 Å². The van der Waals surface area contributed by atoms with Gasteiger partial charge in [0.05, 0.1) is 5.29 Å². The first kappa shape index (κ1) is 7.07. The monoisotopic (exact) mass is 116 g/mol. The van der Waals surface area contributed by atoms with Crippen LogP contribution in [0.15, 0.2) is 5.29 Å². The normalized spacial score (nSPS) is 12.2. The summed E-state index contributed by atoms with van der Waals surface area (Å²) in [5.41, 5.74) is 0. The molecule has 0 fully saturated rings. The van der Waals surface area contributed by atoms with Gasteiger partial charge >= 0.3 is 0 Å². The summed E-state index contributed by atoms with van der Waals surface area (Å²) < 4.78 is 0. The molecule has 8 heavy (non-hydrogen) atoms. The lowest BCUT2D eigenvalue weighted by Crippen LogP contribution is -2.24. The Bertz CT molecular complexity index is 82.0. The van der Waals surface area contributed by atoms with Gasteiger partial charge < -0.3 is 4.79 Å². The molecule has 4 heteroatoms. The van der Waals surface area contributed by atoms with E-state index < -0.39 is 6.04 Å². The van der Waals surface area contributed by atoms with E-state index in [9.17, 15) is 9.70 Å². The fourth-order valence-corrected chi connectivity index (χ4v) is 0.162. The lowest BCUT2D eigenvalue weighted by atomic mass is 10.4. The van der Waals surface area contributed by atoms with E-state index in [1.54, 1.807) is 6.92 Å². The van der Waals surface area contributed by atoms with Gasteiger partial charge in [-0.3, -0.25) is 5.01 Å². The van der Waals surface area contributed by atoms with Gasteiger partial charge in [-0.2, -0.15) is 0 Å². The van der Waals surface area contributed by atoms with E-state index in [4.69, 9.17) is 0 Å². The fourth-order valence-electron chi connectivity index (χ4n) is 0.162. The molecule has 0 radical (unpaired) electrons. The Morgan fingerprint density at radius 1 is 1.75 bits per heavy atom. The number of rotatable bonds is 3. The number of nitroso groups, excluding NO2 is 1. The topological polar surface area (TPSA) is 49.7 Å². The second-order valence-electron chi connectivity index (χ2n) is 1.53. The molecular formula is C4H8N2O2. The zero-order chi connectivity index (χ0) is 6.57. The SMILES string of the molecule is CC(C=O)N(C)N=O. The van der Waals surface area contributed by atoms with Gasteiger partial charge in [0.2, 0.25) is 0 Å². The largest absolute Gasteiger partial charge is 0.301 e. The van der Waals surface area contributed by atoms with Gasteiger partial charge in [-0.25, -0.2) is 0 Å². The third-order valence-corrected chi connectivity index (χ3v) is 0.915. The molecule has 0 aliphatic rings. The van der Waals surface area contributed by atoms with Crippen LogP contribution < -0.4 is 0 Å². The molecule has 4 nitrogen and oxygen atoms in total. The number of carbonyl (C=O) groups is 1. The van der Waals surface area contributed by atoms with Crippen LogP contribution in [-0.2, 0) is 4.79 Å². The van der Waals surface area contributed by atoms with E-state index in [0.717, 1.165) is 5.01 Å². The van der Waals surface area contributed by atoms with Gasteiger partial charge in [-0.1, -0.05) is 0 Å². The Morgan fingerprint density at radius 2 is 2.25 bits per heavy atom. The van der Waals surface area contributed by atoms with Crippen LogP contribution in [0.3, 0.4) is 0 Å². The molecule has 0 aromatic carbocycles. The van der Waals surface area contributed by atoms with Crippen molar-refractivity contribution in [3.63, 3.8) is 0 Å². The summed E-state index contributed by atoms with van der Waals surface area (Å²) >= 11 is 0. The van der Waals surface area contributed by atoms with E-state index in [1.807, 2.05) is 0 Å². The molecule has 0 saturated heterocycles. The van der Waals surface area contributed by atoms with Crippen LogP contribution in [0.4, 0.5) is 0 Å². The zero-order valence-electron chi connectivity index (χ0n) is 4.87. The van der Waals surface area contributed by atoms with Crippen LogP contribution in [0.1, 0.15) is 6.92 Å². The summed E-state index contributed by atoms with van der Waals surface area (Å²) in [5.74, 6) is 0. The first-order chi connectivity index (χ1) is 3.72. The molecule has 0 aromatic rings. The highest BCUT2D eigenvalue weighted by Crippen LogP contribution is 1.88. The van der Waals surface area contributed by atoms with Gasteiger partial charge in [-0.05, 0) is 6.92 Å². The summed E-state index contributed by atoms with van der Waals surface area (Å²) in [5, 5.41) is 3.56. The third kappa shape index (κ3) is 1.68. The van der Waals surface area contributed by atoms with Crippen molar-refractivity contribution in [2.45, 2.75) is 13.0 Å². The molecule has 0 rings (SSSR count). The number of carbonyl (C=O) groups excluding carboxylic acids is 1. The number of likely N-dealkylation sites (N-methyl/N-ethyl adjacent to an activating group) is 1. The third-order valence-electron chi connectivity index (χ3n) is 0.915. The van der Waals surface area contributed by atoms with Gasteiger partial charge in [-0.15, -0.1) is 4.91 Å². The minimum Gasteiger partial charge on any atom is -0.301 e. The Hall–Kier alpha value is -0.930. The Balaban J connectivity index is 3.60. The predicted molar refractivity (Wildman–Crippen MR) is 29.1 cm³/mol. The first-order valence-electron chi connectivity index (χ1n) is 2.23. The van der Waals surface area contributed by atoms with Crippen LogP contribution in [0.5, 0.6) is 0 Å². The molecule has 46 valence electrons. The molecular weight excluding hydrogens is 108 g/mol. The predicted octanol–water partition coefficient (Wildman–Crippen LogP) is 0.187. The van der Waals surface area contributed by atoms with Gasteiger partial charge in [0.25, 0.3) is 0 Å². The lowest BCUT2D eigenvalue weighted by Gasteiger charge is -2.09. The quantitative estimate of drug-likeness (QED) is 0.300. The Kier molecular flexibility index (Phi) is 2.76. The van der Waals surface area contributed by atoms with Crippen LogP contribution >= 0.6 is 0 Å². The summed E-state index contributed by atoms with van der Waals surface area (Å²) in [6, 6.07) is -0.410. The lowest BCUT2D eigenvalue weighted by molar-refractivity contribution is -0.111. The Labute approximate surface area is 47.4 Å². The molecule has 0 aliphatic carbocycles. The summed E-state index contributed by atoms with van der Waals surface area (Å²) in [7, 11) is 1.45. The summed E-state index contributed by atoms with van der Waals surface area (Å²) in [4.78, 5) is 19.5. The van der Waals surface area contributed by atoms with Gasteiger partial charge in [0.15, 0.2) is 0 Å². The second kappa shape index (κ2) is 3.12. The molecule has 0 heterocycles. The van der Waals surface area contributed by atoms with Crippen molar-refractivity contribution in [1.82, 2.24) is 5.01 Å². The van der Waals surface area contributed by atoms with Crippen molar-refractivity contribution in [3.8, 4) is 0 Å².